The first kappa shape index (κ1) is 23.2. The molecule has 2 aromatic heterocycles. The van der Waals surface area contributed by atoms with Crippen molar-refractivity contribution in [3.8, 4) is 5.75 Å². The summed E-state index contributed by atoms with van der Waals surface area (Å²) < 4.78 is 15.2. The molecule has 11 heteroatoms. The Kier molecular flexibility index (Phi) is 5.77. The van der Waals surface area contributed by atoms with Crippen molar-refractivity contribution in [3.05, 3.63) is 70.3 Å². The Labute approximate surface area is 204 Å². The van der Waals surface area contributed by atoms with Gasteiger partial charge in [-0.05, 0) is 55.8 Å². The van der Waals surface area contributed by atoms with Gasteiger partial charge in [0.25, 0.3) is 11.8 Å². The van der Waals surface area contributed by atoms with Gasteiger partial charge in [-0.1, -0.05) is 11.3 Å². The van der Waals surface area contributed by atoms with Crippen LogP contribution in [0, 0.1) is 19.7 Å². The van der Waals surface area contributed by atoms with Crippen molar-refractivity contribution in [3.63, 3.8) is 0 Å². The number of nitrogens with one attached hydrogen (secondary N) is 3. The minimum absolute atomic E-state index is 0.00516. The Morgan fingerprint density at radius 3 is 2.89 bits per heavy atom. The molecule has 36 heavy (non-hydrogen) atoms. The van der Waals surface area contributed by atoms with Crippen molar-refractivity contribution in [2.75, 3.05) is 11.9 Å². The summed E-state index contributed by atoms with van der Waals surface area (Å²) in [4.78, 5) is 28.5. The number of carbonyl (C=O) groups excluding carboxylic acids is 2. The van der Waals surface area contributed by atoms with Gasteiger partial charge in [0, 0.05) is 29.2 Å². The normalized spacial score (nSPS) is 14.8. The second-order valence-electron chi connectivity index (χ2n) is 8.65. The summed E-state index contributed by atoms with van der Waals surface area (Å²) in [6, 6.07) is 8.95. The SMILES string of the molecule is Cc1[nH]c(/C=C2\C(=O)Nc3ccc(F)cc32)c(C)c1C(=O)NCC(O)Cn1nnc2c(O)cccc21. The van der Waals surface area contributed by atoms with Crippen molar-refractivity contribution in [1.82, 2.24) is 25.3 Å². The topological polar surface area (TPSA) is 145 Å². The third kappa shape index (κ3) is 4.09. The Bertz CT molecular complexity index is 1550. The van der Waals surface area contributed by atoms with E-state index in [0.29, 0.717) is 50.4 Å². The van der Waals surface area contributed by atoms with Crippen LogP contribution in [0.2, 0.25) is 0 Å². The van der Waals surface area contributed by atoms with Crippen molar-refractivity contribution in [2.24, 2.45) is 0 Å². The number of fused-ring (bicyclic) bond motifs is 2. The highest BCUT2D eigenvalue weighted by atomic mass is 19.1. The second kappa shape index (κ2) is 8.93. The third-order valence-electron chi connectivity index (χ3n) is 6.16. The Morgan fingerprint density at radius 2 is 2.08 bits per heavy atom. The van der Waals surface area contributed by atoms with Crippen LogP contribution in [0.1, 0.15) is 32.9 Å². The number of rotatable bonds is 6. The molecule has 0 saturated carbocycles. The van der Waals surface area contributed by atoms with Gasteiger partial charge in [-0.25, -0.2) is 9.07 Å². The fraction of sp³-hybridized carbons (Fsp3) is 0.200. The highest BCUT2D eigenvalue weighted by Crippen LogP contribution is 2.34. The molecule has 1 aliphatic rings. The molecule has 0 saturated heterocycles. The number of benzene rings is 2. The molecule has 0 aliphatic carbocycles. The van der Waals surface area contributed by atoms with Crippen molar-refractivity contribution < 1.29 is 24.2 Å². The van der Waals surface area contributed by atoms with Crippen molar-refractivity contribution >= 4 is 40.2 Å². The monoisotopic (exact) mass is 490 g/mol. The zero-order valence-corrected chi connectivity index (χ0v) is 19.5. The molecule has 1 aliphatic heterocycles. The number of aromatic nitrogens is 4. The number of amides is 2. The quantitative estimate of drug-likeness (QED) is 0.263. The summed E-state index contributed by atoms with van der Waals surface area (Å²) in [6.07, 6.45) is 0.635. The molecule has 0 bridgehead atoms. The molecule has 0 spiro atoms. The van der Waals surface area contributed by atoms with Crippen molar-refractivity contribution in [2.45, 2.75) is 26.5 Å². The van der Waals surface area contributed by atoms with Crippen molar-refractivity contribution in [1.29, 1.82) is 0 Å². The number of carbonyl (C=O) groups is 2. The molecule has 1 unspecified atom stereocenters. The van der Waals surface area contributed by atoms with Gasteiger partial charge in [-0.3, -0.25) is 9.59 Å². The minimum atomic E-state index is -0.962. The highest BCUT2D eigenvalue weighted by molar-refractivity contribution is 6.34. The number of halogens is 1. The summed E-state index contributed by atoms with van der Waals surface area (Å²) in [5.74, 6) is -1.21. The number of aromatic amines is 1. The smallest absolute Gasteiger partial charge is 0.256 e. The van der Waals surface area contributed by atoms with Crippen LogP contribution in [0.5, 0.6) is 5.75 Å². The van der Waals surface area contributed by atoms with Gasteiger partial charge in [0.05, 0.1) is 29.3 Å². The molecular weight excluding hydrogens is 467 g/mol. The minimum Gasteiger partial charge on any atom is -0.506 e. The van der Waals surface area contributed by atoms with Gasteiger partial charge >= 0.3 is 0 Å². The summed E-state index contributed by atoms with van der Waals surface area (Å²) in [5.41, 5.74) is 4.30. The average molecular weight is 490 g/mol. The predicted octanol–water partition coefficient (Wildman–Crippen LogP) is 2.50. The van der Waals surface area contributed by atoms with E-state index < -0.39 is 17.8 Å². The number of nitrogens with zero attached hydrogens (tertiary/aromatic N) is 3. The van der Waals surface area contributed by atoms with E-state index in [4.69, 9.17) is 0 Å². The summed E-state index contributed by atoms with van der Waals surface area (Å²) in [5, 5.41) is 33.6. The van der Waals surface area contributed by atoms with Crippen LogP contribution >= 0.6 is 0 Å². The molecule has 2 amide bonds. The van der Waals surface area contributed by atoms with E-state index in [1.165, 1.54) is 28.9 Å². The van der Waals surface area contributed by atoms with E-state index >= 15 is 0 Å². The van der Waals surface area contributed by atoms with E-state index in [-0.39, 0.29) is 24.7 Å². The largest absolute Gasteiger partial charge is 0.506 e. The van der Waals surface area contributed by atoms with E-state index in [1.807, 2.05) is 0 Å². The van der Waals surface area contributed by atoms with Crippen LogP contribution in [-0.2, 0) is 11.3 Å². The van der Waals surface area contributed by atoms with E-state index in [1.54, 1.807) is 32.1 Å². The zero-order valence-electron chi connectivity index (χ0n) is 19.5. The maximum Gasteiger partial charge on any atom is 0.256 e. The molecule has 5 N–H and O–H groups in total. The fourth-order valence-electron chi connectivity index (χ4n) is 4.38. The maximum absolute atomic E-state index is 13.8. The number of hydrogen-bond donors (Lipinski definition) is 5. The van der Waals surface area contributed by atoms with Gasteiger partial charge in [0.15, 0.2) is 5.52 Å². The number of phenolic OH excluding ortho intramolecular Hbond substituents is 1. The summed E-state index contributed by atoms with van der Waals surface area (Å²) >= 11 is 0. The standard InChI is InChI=1S/C25H23FN6O4/c1-12-19(9-17-16-8-14(26)6-7-18(16)29-24(17)35)28-13(2)22(12)25(36)27-10-15(33)11-32-20-4-3-5-21(34)23(20)30-31-32/h3-9,15,28,33-34H,10-11H2,1-2H3,(H,27,36)(H,29,35)/b17-9-. The van der Waals surface area contributed by atoms with E-state index in [0.717, 1.165) is 0 Å². The lowest BCUT2D eigenvalue weighted by Gasteiger charge is -2.12. The lowest BCUT2D eigenvalue weighted by atomic mass is 10.0. The summed E-state index contributed by atoms with van der Waals surface area (Å²) in [6.45, 7) is 3.49. The molecule has 2 aromatic carbocycles. The number of aromatic hydroxyl groups is 1. The van der Waals surface area contributed by atoms with Crippen LogP contribution in [0.25, 0.3) is 22.7 Å². The number of hydrogen-bond acceptors (Lipinski definition) is 6. The predicted molar refractivity (Wildman–Crippen MR) is 131 cm³/mol. The first-order chi connectivity index (χ1) is 17.2. The first-order valence-electron chi connectivity index (χ1n) is 11.2. The van der Waals surface area contributed by atoms with Crippen LogP contribution in [0.15, 0.2) is 36.4 Å². The maximum atomic E-state index is 13.8. The molecule has 0 radical (unpaired) electrons. The molecule has 1 atom stereocenters. The van der Waals surface area contributed by atoms with Gasteiger partial charge < -0.3 is 25.8 Å². The number of aliphatic hydroxyl groups excluding tert-OH is 1. The average Bonchev–Trinajstić information content (AvgIpc) is 3.47. The second-order valence-corrected chi connectivity index (χ2v) is 8.65. The van der Waals surface area contributed by atoms with Crippen LogP contribution in [-0.4, -0.2) is 54.7 Å². The third-order valence-corrected chi connectivity index (χ3v) is 6.16. The Hall–Kier alpha value is -4.51. The number of phenols is 1. The summed E-state index contributed by atoms with van der Waals surface area (Å²) in [7, 11) is 0. The zero-order chi connectivity index (χ0) is 25.6. The molecule has 5 rings (SSSR count). The van der Waals surface area contributed by atoms with Gasteiger partial charge in [0.2, 0.25) is 0 Å². The first-order valence-corrected chi connectivity index (χ1v) is 11.2. The van der Waals surface area contributed by atoms with Crippen LogP contribution < -0.4 is 10.6 Å². The Balaban J connectivity index is 1.31. The number of H-pyrrole nitrogens is 1. The lowest BCUT2D eigenvalue weighted by molar-refractivity contribution is -0.110. The lowest BCUT2D eigenvalue weighted by Crippen LogP contribution is -2.35. The molecular formula is C25H23FN6O4. The van der Waals surface area contributed by atoms with Crippen LogP contribution in [0.4, 0.5) is 10.1 Å². The highest BCUT2D eigenvalue weighted by Gasteiger charge is 2.26. The van der Waals surface area contributed by atoms with E-state index in [2.05, 4.69) is 25.9 Å². The van der Waals surface area contributed by atoms with Gasteiger partial charge in [0.1, 0.15) is 11.6 Å². The number of aryl methyl sites for hydroxylation is 1. The molecule has 3 heterocycles. The van der Waals surface area contributed by atoms with Gasteiger partial charge in [-0.2, -0.15) is 0 Å². The number of aliphatic hydroxyl groups is 1. The van der Waals surface area contributed by atoms with Crippen LogP contribution in [0.3, 0.4) is 0 Å². The van der Waals surface area contributed by atoms with Gasteiger partial charge in [-0.15, -0.1) is 5.10 Å². The Morgan fingerprint density at radius 1 is 1.28 bits per heavy atom. The fourth-order valence-corrected chi connectivity index (χ4v) is 4.38. The molecule has 10 nitrogen and oxygen atoms in total. The molecule has 0 fully saturated rings. The van der Waals surface area contributed by atoms with E-state index in [9.17, 15) is 24.2 Å². The molecule has 4 aromatic rings. The molecule has 184 valence electrons. The number of anilines is 1.